The molecule has 1 aromatic heterocycles. The summed E-state index contributed by atoms with van der Waals surface area (Å²) >= 11 is 0. The molecule has 0 radical (unpaired) electrons. The summed E-state index contributed by atoms with van der Waals surface area (Å²) in [5.41, 5.74) is 0. The Kier molecular flexibility index (Phi) is 5.43. The summed E-state index contributed by atoms with van der Waals surface area (Å²) in [6, 6.07) is 0. The molecule has 0 saturated carbocycles. The second-order valence-corrected chi connectivity index (χ2v) is 8.22. The number of nitrogens with zero attached hydrogens (tertiary/aromatic N) is 5. The van der Waals surface area contributed by atoms with Gasteiger partial charge in [-0.2, -0.15) is 0 Å². The zero-order chi connectivity index (χ0) is 18.8. The summed E-state index contributed by atoms with van der Waals surface area (Å²) in [5.74, 6) is 1.69. The number of aromatic nitrogens is 3. The highest BCUT2D eigenvalue weighted by Crippen LogP contribution is 2.28. The third-order valence-corrected chi connectivity index (χ3v) is 6.38. The van der Waals surface area contributed by atoms with E-state index in [1.54, 1.807) is 6.33 Å². The van der Waals surface area contributed by atoms with Gasteiger partial charge in [0.15, 0.2) is 0 Å². The molecule has 0 aliphatic carbocycles. The average Bonchev–Trinajstić information content (AvgIpc) is 3.39. The van der Waals surface area contributed by atoms with Crippen LogP contribution in [-0.2, 0) is 16.6 Å². The molecule has 3 saturated heterocycles. The van der Waals surface area contributed by atoms with Crippen LogP contribution in [0.3, 0.4) is 0 Å². The summed E-state index contributed by atoms with van der Waals surface area (Å²) < 4.78 is 1.97. The van der Waals surface area contributed by atoms with Crippen molar-refractivity contribution in [2.75, 3.05) is 39.3 Å². The first-order valence-electron chi connectivity index (χ1n) is 10.3. The van der Waals surface area contributed by atoms with Gasteiger partial charge in [-0.3, -0.25) is 9.59 Å². The largest absolute Gasteiger partial charge is 0.342 e. The second kappa shape index (κ2) is 7.96. The lowest BCUT2D eigenvalue weighted by Crippen LogP contribution is -2.50. The van der Waals surface area contributed by atoms with E-state index in [0.29, 0.717) is 25.4 Å². The Morgan fingerprint density at radius 1 is 1.00 bits per heavy atom. The SMILES string of the molecule is Cn1cnnc1C1CCN(C(=O)[C@@H]2CNC[C@@H](C(=O)N3CCCC3)C2)CC1. The zero-order valence-corrected chi connectivity index (χ0v) is 16.1. The van der Waals surface area contributed by atoms with Gasteiger partial charge in [0.05, 0.1) is 11.8 Å². The predicted molar refractivity (Wildman–Crippen MR) is 99.8 cm³/mol. The van der Waals surface area contributed by atoms with Gasteiger partial charge in [0, 0.05) is 52.2 Å². The van der Waals surface area contributed by atoms with E-state index in [4.69, 9.17) is 0 Å². The fraction of sp³-hybridized carbons (Fsp3) is 0.789. The Labute approximate surface area is 160 Å². The van der Waals surface area contributed by atoms with Crippen LogP contribution in [0, 0.1) is 11.8 Å². The van der Waals surface area contributed by atoms with E-state index in [-0.39, 0.29) is 23.7 Å². The molecule has 3 fully saturated rings. The molecule has 0 unspecified atom stereocenters. The van der Waals surface area contributed by atoms with Crippen LogP contribution in [-0.4, -0.2) is 75.6 Å². The van der Waals surface area contributed by atoms with Gasteiger partial charge in [0.1, 0.15) is 12.2 Å². The Morgan fingerprint density at radius 2 is 1.59 bits per heavy atom. The molecule has 0 aromatic carbocycles. The molecule has 3 aliphatic rings. The number of carbonyl (C=O) groups excluding carboxylic acids is 2. The van der Waals surface area contributed by atoms with Crippen molar-refractivity contribution in [2.45, 2.75) is 38.0 Å². The summed E-state index contributed by atoms with van der Waals surface area (Å²) in [7, 11) is 1.97. The molecule has 27 heavy (non-hydrogen) atoms. The minimum Gasteiger partial charge on any atom is -0.342 e. The molecule has 2 atom stereocenters. The zero-order valence-electron chi connectivity index (χ0n) is 16.1. The van der Waals surface area contributed by atoms with E-state index >= 15 is 0 Å². The van der Waals surface area contributed by atoms with Crippen molar-refractivity contribution in [2.24, 2.45) is 18.9 Å². The fourth-order valence-electron chi connectivity index (χ4n) is 4.79. The first-order valence-corrected chi connectivity index (χ1v) is 10.3. The van der Waals surface area contributed by atoms with Gasteiger partial charge in [-0.1, -0.05) is 0 Å². The van der Waals surface area contributed by atoms with Crippen molar-refractivity contribution in [3.63, 3.8) is 0 Å². The maximum atomic E-state index is 13.0. The molecule has 2 amide bonds. The van der Waals surface area contributed by atoms with Crippen LogP contribution < -0.4 is 5.32 Å². The van der Waals surface area contributed by atoms with Gasteiger partial charge in [0.25, 0.3) is 0 Å². The molecule has 0 bridgehead atoms. The van der Waals surface area contributed by atoms with Gasteiger partial charge in [-0.05, 0) is 32.1 Å². The first-order chi connectivity index (χ1) is 13.1. The molecule has 1 aromatic rings. The van der Waals surface area contributed by atoms with E-state index < -0.39 is 0 Å². The number of nitrogens with one attached hydrogen (secondary N) is 1. The highest BCUT2D eigenvalue weighted by molar-refractivity contribution is 5.83. The van der Waals surface area contributed by atoms with Crippen molar-refractivity contribution >= 4 is 11.8 Å². The maximum Gasteiger partial charge on any atom is 0.226 e. The summed E-state index contributed by atoms with van der Waals surface area (Å²) in [6.45, 7) is 4.67. The number of amides is 2. The third kappa shape index (κ3) is 3.85. The number of hydrogen-bond acceptors (Lipinski definition) is 5. The summed E-state index contributed by atoms with van der Waals surface area (Å²) in [6.07, 6.45) is 6.48. The lowest BCUT2D eigenvalue weighted by molar-refractivity contribution is -0.140. The average molecular weight is 374 g/mol. The predicted octanol–water partition coefficient (Wildman–Crippen LogP) is 0.369. The third-order valence-electron chi connectivity index (χ3n) is 6.38. The summed E-state index contributed by atoms with van der Waals surface area (Å²) in [5, 5.41) is 11.5. The van der Waals surface area contributed by atoms with Crippen LogP contribution in [0.25, 0.3) is 0 Å². The molecule has 8 heteroatoms. The first kappa shape index (κ1) is 18.4. The monoisotopic (exact) mass is 374 g/mol. The smallest absolute Gasteiger partial charge is 0.226 e. The van der Waals surface area contributed by atoms with Crippen molar-refractivity contribution in [3.8, 4) is 0 Å². The van der Waals surface area contributed by atoms with Gasteiger partial charge in [-0.15, -0.1) is 10.2 Å². The highest BCUT2D eigenvalue weighted by Gasteiger charge is 2.36. The van der Waals surface area contributed by atoms with Crippen LogP contribution in [0.15, 0.2) is 6.33 Å². The van der Waals surface area contributed by atoms with E-state index in [1.807, 2.05) is 21.4 Å². The van der Waals surface area contributed by atoms with E-state index in [2.05, 4.69) is 15.5 Å². The molecule has 3 aliphatic heterocycles. The second-order valence-electron chi connectivity index (χ2n) is 8.22. The van der Waals surface area contributed by atoms with Gasteiger partial charge in [0.2, 0.25) is 11.8 Å². The molecule has 1 N–H and O–H groups in total. The summed E-state index contributed by atoms with van der Waals surface area (Å²) in [4.78, 5) is 29.7. The van der Waals surface area contributed by atoms with Crippen molar-refractivity contribution < 1.29 is 9.59 Å². The Hall–Kier alpha value is -1.96. The topological polar surface area (TPSA) is 83.4 Å². The molecular weight excluding hydrogens is 344 g/mol. The molecule has 8 nitrogen and oxygen atoms in total. The van der Waals surface area contributed by atoms with E-state index in [9.17, 15) is 9.59 Å². The molecule has 148 valence electrons. The number of likely N-dealkylation sites (tertiary alicyclic amines) is 2. The van der Waals surface area contributed by atoms with E-state index in [0.717, 1.165) is 57.7 Å². The van der Waals surface area contributed by atoms with Crippen LogP contribution in [0.4, 0.5) is 0 Å². The van der Waals surface area contributed by atoms with Crippen LogP contribution in [0.2, 0.25) is 0 Å². The number of rotatable bonds is 3. The molecular formula is C19H30N6O2. The quantitative estimate of drug-likeness (QED) is 0.826. The van der Waals surface area contributed by atoms with Crippen LogP contribution in [0.1, 0.15) is 43.8 Å². The fourth-order valence-corrected chi connectivity index (χ4v) is 4.79. The number of piperidine rings is 2. The van der Waals surface area contributed by atoms with Crippen molar-refractivity contribution in [3.05, 3.63) is 12.2 Å². The molecule has 4 heterocycles. The lowest BCUT2D eigenvalue weighted by atomic mass is 9.87. The van der Waals surface area contributed by atoms with Crippen LogP contribution in [0.5, 0.6) is 0 Å². The van der Waals surface area contributed by atoms with Crippen molar-refractivity contribution in [1.82, 2.24) is 29.9 Å². The highest BCUT2D eigenvalue weighted by atomic mass is 16.2. The number of hydrogen-bond donors (Lipinski definition) is 1. The Balaban J connectivity index is 1.31. The van der Waals surface area contributed by atoms with E-state index in [1.165, 1.54) is 0 Å². The minimum absolute atomic E-state index is 0.0537. The van der Waals surface area contributed by atoms with Crippen LogP contribution >= 0.6 is 0 Å². The number of carbonyl (C=O) groups is 2. The minimum atomic E-state index is -0.0818. The standard InChI is InChI=1S/C19H30N6O2/c1-23-13-21-22-17(23)14-4-8-25(9-5-14)19(27)16-10-15(11-20-12-16)18(26)24-6-2-3-7-24/h13-16,20H,2-12H2,1H3/t15-,16-/m0/s1. The lowest BCUT2D eigenvalue weighted by Gasteiger charge is -2.37. The Morgan fingerprint density at radius 3 is 2.15 bits per heavy atom. The molecule has 4 rings (SSSR count). The maximum absolute atomic E-state index is 13.0. The van der Waals surface area contributed by atoms with Crippen molar-refractivity contribution in [1.29, 1.82) is 0 Å². The van der Waals surface area contributed by atoms with Gasteiger partial charge >= 0.3 is 0 Å². The normalized spacial score (nSPS) is 27.1. The number of aryl methyl sites for hydroxylation is 1. The van der Waals surface area contributed by atoms with Gasteiger partial charge < -0.3 is 19.7 Å². The van der Waals surface area contributed by atoms with Gasteiger partial charge in [-0.25, -0.2) is 0 Å². The molecule has 0 spiro atoms. The Bertz CT molecular complexity index is 675.